The second-order valence-corrected chi connectivity index (χ2v) is 5.67. The van der Waals surface area contributed by atoms with E-state index in [1.165, 1.54) is 24.3 Å². The summed E-state index contributed by atoms with van der Waals surface area (Å²) in [7, 11) is 0. The van der Waals surface area contributed by atoms with Gasteiger partial charge in [-0.05, 0) is 45.0 Å². The number of carbonyl (C=O) groups is 2. The van der Waals surface area contributed by atoms with Crippen LogP contribution in [0.5, 0.6) is 0 Å². The SMILES string of the molecule is CC(C)(C)OC(=O)Nc1ccc(C(=O)/C=C(\N)C(F)(F)F)cc1. The highest BCUT2D eigenvalue weighted by atomic mass is 19.4. The molecular weight excluding hydrogens is 313 g/mol. The molecule has 23 heavy (non-hydrogen) atoms. The highest BCUT2D eigenvalue weighted by molar-refractivity contribution is 6.05. The Bertz CT molecular complexity index is 614. The van der Waals surface area contributed by atoms with Crippen molar-refractivity contribution in [3.8, 4) is 0 Å². The molecule has 0 saturated heterocycles. The number of nitrogens with one attached hydrogen (secondary N) is 1. The number of allylic oxidation sites excluding steroid dienone is 2. The first-order chi connectivity index (χ1) is 10.4. The molecule has 0 saturated carbocycles. The van der Waals surface area contributed by atoms with Gasteiger partial charge in [-0.1, -0.05) is 0 Å². The van der Waals surface area contributed by atoms with Crippen molar-refractivity contribution < 1.29 is 27.5 Å². The van der Waals surface area contributed by atoms with Crippen LogP contribution in [0.25, 0.3) is 0 Å². The molecule has 0 aliphatic rings. The van der Waals surface area contributed by atoms with Gasteiger partial charge in [0.15, 0.2) is 5.78 Å². The van der Waals surface area contributed by atoms with Crippen molar-refractivity contribution in [1.29, 1.82) is 0 Å². The van der Waals surface area contributed by atoms with Crippen molar-refractivity contribution in [3.63, 3.8) is 0 Å². The van der Waals surface area contributed by atoms with E-state index in [-0.39, 0.29) is 5.56 Å². The molecule has 0 aliphatic heterocycles. The van der Waals surface area contributed by atoms with Crippen LogP contribution in [0.1, 0.15) is 31.1 Å². The maximum absolute atomic E-state index is 12.3. The van der Waals surface area contributed by atoms with Crippen molar-refractivity contribution in [2.45, 2.75) is 32.5 Å². The van der Waals surface area contributed by atoms with Gasteiger partial charge in [-0.2, -0.15) is 13.2 Å². The molecule has 8 heteroatoms. The number of carbonyl (C=O) groups excluding carboxylic acids is 2. The molecule has 1 rings (SSSR count). The number of alkyl halides is 3. The monoisotopic (exact) mass is 330 g/mol. The standard InChI is InChI=1S/C15H17F3N2O3/c1-14(2,3)23-13(22)20-10-6-4-9(5-7-10)11(21)8-12(19)15(16,17)18/h4-8H,19H2,1-3H3,(H,20,22)/b12-8-. The van der Waals surface area contributed by atoms with Gasteiger partial charge in [0.2, 0.25) is 0 Å². The number of ether oxygens (including phenoxy) is 1. The lowest BCUT2D eigenvalue weighted by molar-refractivity contribution is -0.0927. The molecule has 0 bridgehead atoms. The van der Waals surface area contributed by atoms with E-state index in [9.17, 15) is 22.8 Å². The summed E-state index contributed by atoms with van der Waals surface area (Å²) < 4.78 is 41.8. The molecule has 5 nitrogen and oxygen atoms in total. The maximum Gasteiger partial charge on any atom is 0.430 e. The summed E-state index contributed by atoms with van der Waals surface area (Å²) in [5.74, 6) is -0.886. The van der Waals surface area contributed by atoms with Crippen LogP contribution in [-0.2, 0) is 4.74 Å². The summed E-state index contributed by atoms with van der Waals surface area (Å²) >= 11 is 0. The van der Waals surface area contributed by atoms with Crippen LogP contribution in [0.4, 0.5) is 23.7 Å². The van der Waals surface area contributed by atoms with E-state index in [0.29, 0.717) is 11.8 Å². The van der Waals surface area contributed by atoms with Crippen molar-refractivity contribution in [3.05, 3.63) is 41.6 Å². The van der Waals surface area contributed by atoms with Gasteiger partial charge in [-0.15, -0.1) is 0 Å². The third-order valence-corrected chi connectivity index (χ3v) is 2.43. The van der Waals surface area contributed by atoms with Crippen LogP contribution in [0.3, 0.4) is 0 Å². The summed E-state index contributed by atoms with van der Waals surface area (Å²) in [6.45, 7) is 5.10. The van der Waals surface area contributed by atoms with E-state index in [1.807, 2.05) is 0 Å². The lowest BCUT2D eigenvalue weighted by atomic mass is 10.1. The Hall–Kier alpha value is -2.51. The first-order valence-electron chi connectivity index (χ1n) is 6.57. The largest absolute Gasteiger partial charge is 0.444 e. The van der Waals surface area contributed by atoms with Crippen LogP contribution < -0.4 is 11.1 Å². The molecule has 0 aromatic heterocycles. The highest BCUT2D eigenvalue weighted by Crippen LogP contribution is 2.22. The molecule has 1 aromatic rings. The Kier molecular flexibility index (Phi) is 5.42. The summed E-state index contributed by atoms with van der Waals surface area (Å²) in [5.41, 5.74) is 2.99. The number of halogens is 3. The molecule has 0 fully saturated rings. The van der Waals surface area contributed by atoms with Crippen LogP contribution in [-0.4, -0.2) is 23.7 Å². The molecule has 0 spiro atoms. The smallest absolute Gasteiger partial charge is 0.430 e. The fourth-order valence-corrected chi connectivity index (χ4v) is 1.45. The Morgan fingerprint density at radius 1 is 1.13 bits per heavy atom. The third kappa shape index (κ3) is 6.41. The van der Waals surface area contributed by atoms with Crippen molar-refractivity contribution >= 4 is 17.6 Å². The number of nitrogens with two attached hydrogens (primary N) is 1. The minimum absolute atomic E-state index is 0.00642. The second kappa shape index (κ2) is 6.72. The van der Waals surface area contributed by atoms with E-state index in [2.05, 4.69) is 5.32 Å². The molecule has 1 amide bonds. The lowest BCUT2D eigenvalue weighted by Crippen LogP contribution is -2.27. The molecule has 0 aliphatic carbocycles. The zero-order chi connectivity index (χ0) is 17.8. The summed E-state index contributed by atoms with van der Waals surface area (Å²) in [6, 6.07) is 5.29. The lowest BCUT2D eigenvalue weighted by Gasteiger charge is -2.19. The first kappa shape index (κ1) is 18.5. The minimum Gasteiger partial charge on any atom is -0.444 e. The number of amides is 1. The Morgan fingerprint density at radius 3 is 2.09 bits per heavy atom. The first-order valence-corrected chi connectivity index (χ1v) is 6.57. The van der Waals surface area contributed by atoms with Gasteiger partial charge in [-0.3, -0.25) is 10.1 Å². The van der Waals surface area contributed by atoms with Crippen LogP contribution in [0.2, 0.25) is 0 Å². The molecular formula is C15H17F3N2O3. The molecule has 0 unspecified atom stereocenters. The normalized spacial score (nSPS) is 12.7. The predicted molar refractivity (Wildman–Crippen MR) is 79.0 cm³/mol. The summed E-state index contributed by atoms with van der Waals surface area (Å²) in [4.78, 5) is 23.2. The quantitative estimate of drug-likeness (QED) is 0.655. The average Bonchev–Trinajstić information content (AvgIpc) is 2.35. The number of ketones is 1. The van der Waals surface area contributed by atoms with E-state index in [1.54, 1.807) is 20.8 Å². The summed E-state index contributed by atoms with van der Waals surface area (Å²) in [6.07, 6.45) is -5.12. The predicted octanol–water partition coefficient (Wildman–Crippen LogP) is 3.62. The number of rotatable bonds is 3. The fraction of sp³-hybridized carbons (Fsp3) is 0.333. The minimum atomic E-state index is -4.76. The van der Waals surface area contributed by atoms with Crippen LogP contribution >= 0.6 is 0 Å². The van der Waals surface area contributed by atoms with Gasteiger partial charge in [0.25, 0.3) is 0 Å². The van der Waals surface area contributed by atoms with E-state index < -0.39 is 29.4 Å². The Balaban J connectivity index is 2.77. The fourth-order valence-electron chi connectivity index (χ4n) is 1.45. The molecule has 3 N–H and O–H groups in total. The molecule has 0 atom stereocenters. The zero-order valence-corrected chi connectivity index (χ0v) is 12.8. The van der Waals surface area contributed by atoms with Crippen LogP contribution in [0, 0.1) is 0 Å². The van der Waals surface area contributed by atoms with Gasteiger partial charge >= 0.3 is 12.3 Å². The molecule has 0 heterocycles. The topological polar surface area (TPSA) is 81.4 Å². The zero-order valence-electron chi connectivity index (χ0n) is 12.8. The van der Waals surface area contributed by atoms with E-state index >= 15 is 0 Å². The Labute approximate surface area is 131 Å². The van der Waals surface area contributed by atoms with Gasteiger partial charge in [0, 0.05) is 17.3 Å². The molecule has 0 radical (unpaired) electrons. The Morgan fingerprint density at radius 2 is 1.65 bits per heavy atom. The second-order valence-electron chi connectivity index (χ2n) is 5.67. The van der Waals surface area contributed by atoms with Crippen LogP contribution in [0.15, 0.2) is 36.0 Å². The van der Waals surface area contributed by atoms with Gasteiger partial charge in [0.1, 0.15) is 11.3 Å². The van der Waals surface area contributed by atoms with Crippen molar-refractivity contribution in [1.82, 2.24) is 0 Å². The van der Waals surface area contributed by atoms with Crippen molar-refractivity contribution in [2.75, 3.05) is 5.32 Å². The number of benzene rings is 1. The number of hydrogen-bond donors (Lipinski definition) is 2. The van der Waals surface area contributed by atoms with Gasteiger partial charge < -0.3 is 10.5 Å². The van der Waals surface area contributed by atoms with Gasteiger partial charge in [-0.25, -0.2) is 4.79 Å². The van der Waals surface area contributed by atoms with Crippen molar-refractivity contribution in [2.24, 2.45) is 5.73 Å². The molecule has 1 aromatic carbocycles. The molecule has 126 valence electrons. The average molecular weight is 330 g/mol. The maximum atomic E-state index is 12.3. The summed E-state index contributed by atoms with van der Waals surface area (Å²) in [5, 5.41) is 2.44. The van der Waals surface area contributed by atoms with E-state index in [0.717, 1.165) is 0 Å². The van der Waals surface area contributed by atoms with E-state index in [4.69, 9.17) is 10.5 Å². The number of hydrogen-bond acceptors (Lipinski definition) is 4. The third-order valence-electron chi connectivity index (χ3n) is 2.43. The number of anilines is 1. The highest BCUT2D eigenvalue weighted by Gasteiger charge is 2.32. The van der Waals surface area contributed by atoms with Gasteiger partial charge in [0.05, 0.1) is 0 Å².